The predicted molar refractivity (Wildman–Crippen MR) is 64.9 cm³/mol. The number of aliphatic hydroxyl groups is 1. The summed E-state index contributed by atoms with van der Waals surface area (Å²) in [7, 11) is 0. The maximum Gasteiger partial charge on any atom is 0.282 e. The Morgan fingerprint density at radius 1 is 1.35 bits per heavy atom. The molecule has 0 amide bonds. The molecule has 1 aromatic carbocycles. The zero-order valence-electron chi connectivity index (χ0n) is 9.18. The molecule has 0 saturated carbocycles. The van der Waals surface area contributed by atoms with Crippen LogP contribution in [0, 0.1) is 0 Å². The van der Waals surface area contributed by atoms with Crippen molar-refractivity contribution in [1.82, 2.24) is 5.32 Å². The van der Waals surface area contributed by atoms with Gasteiger partial charge in [-0.15, -0.1) is 0 Å². The highest BCUT2D eigenvalue weighted by atomic mass is 35.5. The summed E-state index contributed by atoms with van der Waals surface area (Å²) in [6.45, 7) is -0.0357. The summed E-state index contributed by atoms with van der Waals surface area (Å²) in [4.78, 5) is 0. The fourth-order valence-corrected chi connectivity index (χ4v) is 1.56. The Labute approximate surface area is 109 Å². The lowest BCUT2D eigenvalue weighted by atomic mass is 10.1. The lowest BCUT2D eigenvalue weighted by molar-refractivity contribution is -0.0490. The van der Waals surface area contributed by atoms with Gasteiger partial charge < -0.3 is 10.4 Å². The van der Waals surface area contributed by atoms with E-state index < -0.39 is 19.1 Å². The van der Waals surface area contributed by atoms with E-state index in [-0.39, 0.29) is 6.04 Å². The van der Waals surface area contributed by atoms with Crippen LogP contribution in [0.1, 0.15) is 18.5 Å². The number of halogens is 4. The molecule has 17 heavy (non-hydrogen) atoms. The lowest BCUT2D eigenvalue weighted by Crippen LogP contribution is -2.37. The van der Waals surface area contributed by atoms with Gasteiger partial charge in [-0.05, 0) is 24.6 Å². The van der Waals surface area contributed by atoms with Crippen molar-refractivity contribution in [2.75, 3.05) is 13.2 Å². The van der Waals surface area contributed by atoms with Gasteiger partial charge in [0.1, 0.15) is 6.61 Å². The molecule has 0 radical (unpaired) electrons. The minimum absolute atomic E-state index is 0.304. The van der Waals surface area contributed by atoms with E-state index in [1.54, 1.807) is 25.1 Å². The van der Waals surface area contributed by atoms with Crippen molar-refractivity contribution in [3.8, 4) is 0 Å². The first-order valence-corrected chi connectivity index (χ1v) is 5.78. The maximum atomic E-state index is 12.8. The molecule has 0 fully saturated rings. The molecule has 96 valence electrons. The molecule has 1 rings (SSSR count). The molecule has 6 heteroatoms. The summed E-state index contributed by atoms with van der Waals surface area (Å²) in [5.41, 5.74) is 0.758. The van der Waals surface area contributed by atoms with Crippen LogP contribution in [-0.4, -0.2) is 24.2 Å². The monoisotopic (exact) mass is 283 g/mol. The second-order valence-electron chi connectivity index (χ2n) is 3.79. The van der Waals surface area contributed by atoms with Crippen LogP contribution in [0.25, 0.3) is 0 Å². The average molecular weight is 284 g/mol. The van der Waals surface area contributed by atoms with E-state index in [1.807, 2.05) is 0 Å². The van der Waals surface area contributed by atoms with Gasteiger partial charge in [0, 0.05) is 6.04 Å². The molecule has 1 atom stereocenters. The van der Waals surface area contributed by atoms with Crippen molar-refractivity contribution in [2.45, 2.75) is 18.9 Å². The minimum atomic E-state index is -3.12. The van der Waals surface area contributed by atoms with Gasteiger partial charge in [0.05, 0.1) is 16.6 Å². The third kappa shape index (κ3) is 4.39. The Morgan fingerprint density at radius 2 is 2.00 bits per heavy atom. The van der Waals surface area contributed by atoms with Crippen molar-refractivity contribution in [2.24, 2.45) is 0 Å². The van der Waals surface area contributed by atoms with Crippen LogP contribution in [0.4, 0.5) is 8.78 Å². The van der Waals surface area contributed by atoms with Gasteiger partial charge in [0.2, 0.25) is 0 Å². The Balaban J connectivity index is 2.64. The molecule has 0 heterocycles. The quantitative estimate of drug-likeness (QED) is 0.869. The lowest BCUT2D eigenvalue weighted by Gasteiger charge is -2.19. The van der Waals surface area contributed by atoms with Crippen molar-refractivity contribution < 1.29 is 13.9 Å². The number of rotatable bonds is 5. The van der Waals surface area contributed by atoms with Crippen molar-refractivity contribution >= 4 is 23.2 Å². The van der Waals surface area contributed by atoms with Gasteiger partial charge in [0.15, 0.2) is 0 Å². The molecule has 2 nitrogen and oxygen atoms in total. The number of hydrogen-bond donors (Lipinski definition) is 2. The molecule has 0 aliphatic rings. The molecule has 1 aromatic rings. The predicted octanol–water partition coefficient (Wildman–Crippen LogP) is 3.27. The van der Waals surface area contributed by atoms with Crippen molar-refractivity contribution in [3.63, 3.8) is 0 Å². The van der Waals surface area contributed by atoms with Gasteiger partial charge in [-0.2, -0.15) is 0 Å². The third-order valence-electron chi connectivity index (χ3n) is 2.34. The van der Waals surface area contributed by atoms with Gasteiger partial charge in [-0.25, -0.2) is 8.78 Å². The van der Waals surface area contributed by atoms with E-state index in [9.17, 15) is 8.78 Å². The van der Waals surface area contributed by atoms with E-state index in [4.69, 9.17) is 28.3 Å². The minimum Gasteiger partial charge on any atom is -0.390 e. The highest BCUT2D eigenvalue weighted by Crippen LogP contribution is 2.25. The zero-order chi connectivity index (χ0) is 13.1. The van der Waals surface area contributed by atoms with Gasteiger partial charge >= 0.3 is 0 Å². The number of benzene rings is 1. The van der Waals surface area contributed by atoms with Gasteiger partial charge in [0.25, 0.3) is 5.92 Å². The highest BCUT2D eigenvalue weighted by molar-refractivity contribution is 6.42. The first-order chi connectivity index (χ1) is 7.85. The second kappa shape index (κ2) is 5.96. The molecule has 0 spiro atoms. The normalized spacial score (nSPS) is 13.8. The van der Waals surface area contributed by atoms with Crippen molar-refractivity contribution in [1.29, 1.82) is 0 Å². The molecule has 0 aromatic heterocycles. The van der Waals surface area contributed by atoms with Crippen LogP contribution in [-0.2, 0) is 0 Å². The van der Waals surface area contributed by atoms with Crippen LogP contribution >= 0.6 is 23.2 Å². The standard InChI is InChI=1S/C11H13Cl2F2NO/c1-7(16-5-11(14,15)6-17)8-2-3-9(12)10(13)4-8/h2-4,7,16-17H,5-6H2,1H3. The van der Waals surface area contributed by atoms with E-state index in [0.29, 0.717) is 10.0 Å². The largest absolute Gasteiger partial charge is 0.390 e. The molecule has 2 N–H and O–H groups in total. The Bertz CT molecular complexity index is 388. The zero-order valence-corrected chi connectivity index (χ0v) is 10.7. The van der Waals surface area contributed by atoms with Crippen LogP contribution in [0.5, 0.6) is 0 Å². The van der Waals surface area contributed by atoms with E-state index >= 15 is 0 Å². The van der Waals surface area contributed by atoms with Crippen molar-refractivity contribution in [3.05, 3.63) is 33.8 Å². The second-order valence-corrected chi connectivity index (χ2v) is 4.60. The molecular weight excluding hydrogens is 271 g/mol. The summed E-state index contributed by atoms with van der Waals surface area (Å²) in [6, 6.07) is 4.64. The van der Waals surface area contributed by atoms with E-state index in [2.05, 4.69) is 5.32 Å². The summed E-state index contributed by atoms with van der Waals surface area (Å²) < 4.78 is 25.6. The van der Waals surface area contributed by atoms with E-state index in [0.717, 1.165) is 5.56 Å². The summed E-state index contributed by atoms with van der Waals surface area (Å²) in [5.74, 6) is -3.12. The highest BCUT2D eigenvalue weighted by Gasteiger charge is 2.27. The number of aliphatic hydroxyl groups excluding tert-OH is 1. The van der Waals surface area contributed by atoms with Gasteiger partial charge in [-0.1, -0.05) is 29.3 Å². The fraction of sp³-hybridized carbons (Fsp3) is 0.455. The number of alkyl halides is 2. The van der Waals surface area contributed by atoms with Crippen LogP contribution in [0.2, 0.25) is 10.0 Å². The van der Waals surface area contributed by atoms with Gasteiger partial charge in [-0.3, -0.25) is 0 Å². The maximum absolute atomic E-state index is 12.8. The Morgan fingerprint density at radius 3 is 2.53 bits per heavy atom. The Hall–Kier alpha value is -0.420. The molecule has 0 saturated heterocycles. The number of hydrogen-bond acceptors (Lipinski definition) is 2. The van der Waals surface area contributed by atoms with Crippen LogP contribution < -0.4 is 5.32 Å². The van der Waals surface area contributed by atoms with Crippen LogP contribution in [0.3, 0.4) is 0 Å². The molecule has 1 unspecified atom stereocenters. The fourth-order valence-electron chi connectivity index (χ4n) is 1.26. The molecule has 0 bridgehead atoms. The first kappa shape index (κ1) is 14.6. The third-order valence-corrected chi connectivity index (χ3v) is 3.08. The van der Waals surface area contributed by atoms with Crippen LogP contribution in [0.15, 0.2) is 18.2 Å². The Kier molecular flexibility index (Phi) is 5.13. The SMILES string of the molecule is CC(NCC(F)(F)CO)c1ccc(Cl)c(Cl)c1. The average Bonchev–Trinajstić information content (AvgIpc) is 2.30. The molecule has 0 aliphatic heterocycles. The van der Waals surface area contributed by atoms with E-state index in [1.165, 1.54) is 0 Å². The molecule has 0 aliphatic carbocycles. The topological polar surface area (TPSA) is 32.3 Å². The molecular formula is C11H13Cl2F2NO. The first-order valence-electron chi connectivity index (χ1n) is 5.03. The smallest absolute Gasteiger partial charge is 0.282 e. The summed E-state index contributed by atoms with van der Waals surface area (Å²) >= 11 is 11.6. The summed E-state index contributed by atoms with van der Waals surface area (Å²) in [6.07, 6.45) is 0. The summed E-state index contributed by atoms with van der Waals surface area (Å²) in [5, 5.41) is 11.9. The number of nitrogens with one attached hydrogen (secondary N) is 1.